The highest BCUT2D eigenvalue weighted by Gasteiger charge is 2.26. The molecule has 8 heteroatoms. The number of likely N-dealkylation sites (tertiary alicyclic amines) is 1. The first-order valence-electron chi connectivity index (χ1n) is 10.4. The van der Waals surface area contributed by atoms with E-state index in [0.29, 0.717) is 5.69 Å². The number of amides is 1. The van der Waals surface area contributed by atoms with E-state index in [-0.39, 0.29) is 17.9 Å². The predicted octanol–water partition coefficient (Wildman–Crippen LogP) is 2.77. The first-order valence-corrected chi connectivity index (χ1v) is 10.4. The van der Waals surface area contributed by atoms with E-state index in [1.807, 2.05) is 19.2 Å². The molecule has 1 atom stereocenters. The molecule has 0 radical (unpaired) electrons. The summed E-state index contributed by atoms with van der Waals surface area (Å²) < 4.78 is 1.75. The Bertz CT molecular complexity index is 1020. The van der Waals surface area contributed by atoms with E-state index >= 15 is 0 Å². The van der Waals surface area contributed by atoms with E-state index < -0.39 is 0 Å². The summed E-state index contributed by atoms with van der Waals surface area (Å²) in [6.45, 7) is 11.4. The zero-order valence-corrected chi connectivity index (χ0v) is 17.6. The third-order valence-corrected chi connectivity index (χ3v) is 5.73. The van der Waals surface area contributed by atoms with Crippen molar-refractivity contribution in [2.45, 2.75) is 52.5 Å². The van der Waals surface area contributed by atoms with Gasteiger partial charge in [-0.2, -0.15) is 10.2 Å². The van der Waals surface area contributed by atoms with Gasteiger partial charge in [0.15, 0.2) is 5.65 Å². The van der Waals surface area contributed by atoms with Gasteiger partial charge in [0.2, 0.25) is 0 Å². The lowest BCUT2D eigenvalue weighted by Crippen LogP contribution is -2.47. The number of hydrogen-bond donors (Lipinski definition) is 2. The van der Waals surface area contributed by atoms with E-state index in [9.17, 15) is 4.79 Å². The summed E-state index contributed by atoms with van der Waals surface area (Å²) in [6.07, 6.45) is 5.59. The van der Waals surface area contributed by atoms with Crippen LogP contribution in [0.5, 0.6) is 0 Å². The Morgan fingerprint density at radius 2 is 2.24 bits per heavy atom. The summed E-state index contributed by atoms with van der Waals surface area (Å²) >= 11 is 0. The quantitative estimate of drug-likeness (QED) is 0.693. The number of aromatic amines is 1. The third kappa shape index (κ3) is 3.76. The molecule has 1 fully saturated rings. The van der Waals surface area contributed by atoms with Crippen LogP contribution in [-0.4, -0.2) is 61.3 Å². The van der Waals surface area contributed by atoms with Gasteiger partial charge in [-0.15, -0.1) is 0 Å². The second kappa shape index (κ2) is 7.94. The summed E-state index contributed by atoms with van der Waals surface area (Å²) in [5.74, 6) is 0.0729. The molecule has 0 saturated carbocycles. The molecule has 3 aromatic heterocycles. The number of nitrogens with one attached hydrogen (secondary N) is 2. The minimum absolute atomic E-state index is 0.0750. The number of H-pyrrole nitrogens is 1. The van der Waals surface area contributed by atoms with Crippen molar-refractivity contribution in [2.75, 3.05) is 19.6 Å². The Kier molecular flexibility index (Phi) is 5.36. The number of aryl methyl sites for hydroxylation is 1. The number of carbonyl (C=O) groups excluding carboxylic acids is 1. The lowest BCUT2D eigenvalue weighted by molar-refractivity contribution is 0.0899. The van der Waals surface area contributed by atoms with Crippen molar-refractivity contribution >= 4 is 11.6 Å². The van der Waals surface area contributed by atoms with Crippen LogP contribution < -0.4 is 5.32 Å². The second-order valence-electron chi connectivity index (χ2n) is 8.16. The largest absolute Gasteiger partial charge is 0.347 e. The van der Waals surface area contributed by atoms with Gasteiger partial charge in [0.1, 0.15) is 12.0 Å². The smallest absolute Gasteiger partial charge is 0.269 e. The lowest BCUT2D eigenvalue weighted by atomic mass is 9.96. The molecule has 0 aliphatic carbocycles. The van der Waals surface area contributed by atoms with Crippen LogP contribution in [0.15, 0.2) is 18.6 Å². The number of carbonyl (C=O) groups is 1. The minimum atomic E-state index is -0.0750. The van der Waals surface area contributed by atoms with Crippen molar-refractivity contribution < 1.29 is 4.79 Å². The molecule has 29 heavy (non-hydrogen) atoms. The molecule has 8 nitrogen and oxygen atoms in total. The number of rotatable bonds is 5. The van der Waals surface area contributed by atoms with Crippen LogP contribution in [0.1, 0.15) is 61.1 Å². The van der Waals surface area contributed by atoms with E-state index in [1.54, 1.807) is 10.8 Å². The van der Waals surface area contributed by atoms with Crippen molar-refractivity contribution in [3.8, 4) is 11.3 Å². The summed E-state index contributed by atoms with van der Waals surface area (Å²) in [7, 11) is 0. The van der Waals surface area contributed by atoms with Crippen molar-refractivity contribution in [3.63, 3.8) is 0 Å². The highest BCUT2D eigenvalue weighted by molar-refractivity contribution is 5.96. The predicted molar refractivity (Wildman–Crippen MR) is 112 cm³/mol. The first-order chi connectivity index (χ1) is 14.0. The van der Waals surface area contributed by atoms with Crippen molar-refractivity contribution in [3.05, 3.63) is 35.4 Å². The Morgan fingerprint density at radius 1 is 1.41 bits per heavy atom. The number of nitrogens with zero attached hydrogens (tertiary/aromatic N) is 5. The summed E-state index contributed by atoms with van der Waals surface area (Å²) in [5, 5.41) is 15.0. The Balaban J connectivity index is 1.65. The Labute approximate surface area is 170 Å². The fourth-order valence-corrected chi connectivity index (χ4v) is 4.25. The van der Waals surface area contributed by atoms with Crippen LogP contribution in [0.2, 0.25) is 0 Å². The molecule has 1 saturated heterocycles. The molecular formula is C21H29N7O. The normalized spacial score (nSPS) is 17.9. The molecule has 3 aromatic rings. The van der Waals surface area contributed by atoms with Crippen LogP contribution in [0, 0.1) is 6.92 Å². The Morgan fingerprint density at radius 3 is 3.00 bits per heavy atom. The molecule has 1 unspecified atom stereocenters. The number of likely N-dealkylation sites (N-methyl/N-ethyl adjacent to an activating group) is 1. The Hall–Kier alpha value is -2.74. The van der Waals surface area contributed by atoms with Gasteiger partial charge in [0.05, 0.1) is 5.69 Å². The third-order valence-electron chi connectivity index (χ3n) is 5.73. The van der Waals surface area contributed by atoms with Crippen LogP contribution >= 0.6 is 0 Å². The van der Waals surface area contributed by atoms with E-state index in [0.717, 1.165) is 60.5 Å². The van der Waals surface area contributed by atoms with Gasteiger partial charge in [0, 0.05) is 29.9 Å². The molecule has 2 N–H and O–H groups in total. The maximum atomic E-state index is 13.1. The SMILES string of the molecule is CCN1CCCC(NC(=O)c2[nH]nc(-c3cc(C)c4ncnn4c3)c2C(C)C)C1. The molecule has 1 amide bonds. The number of piperidine rings is 1. The molecular weight excluding hydrogens is 366 g/mol. The molecule has 0 bridgehead atoms. The van der Waals surface area contributed by atoms with Gasteiger partial charge in [-0.1, -0.05) is 20.8 Å². The van der Waals surface area contributed by atoms with Crippen LogP contribution in [0.25, 0.3) is 16.9 Å². The molecule has 4 heterocycles. The average molecular weight is 396 g/mol. The van der Waals surface area contributed by atoms with Gasteiger partial charge in [0.25, 0.3) is 5.91 Å². The fourth-order valence-electron chi connectivity index (χ4n) is 4.25. The van der Waals surface area contributed by atoms with Crippen molar-refractivity contribution in [1.82, 2.24) is 35.0 Å². The standard InChI is InChI=1S/C21H29N7O/c1-5-27-8-6-7-16(11-27)24-21(29)19-17(13(2)3)18(25-26-19)15-9-14(4)20-22-12-23-28(20)10-15/h9-10,12-13,16H,5-8,11H2,1-4H3,(H,24,29)(H,25,26). The second-order valence-corrected chi connectivity index (χ2v) is 8.16. The average Bonchev–Trinajstić information content (AvgIpc) is 3.35. The molecule has 1 aliphatic heterocycles. The molecule has 154 valence electrons. The maximum Gasteiger partial charge on any atom is 0.269 e. The zero-order valence-electron chi connectivity index (χ0n) is 17.6. The number of aromatic nitrogens is 5. The monoisotopic (exact) mass is 395 g/mol. The van der Waals surface area contributed by atoms with Gasteiger partial charge < -0.3 is 10.2 Å². The molecule has 0 spiro atoms. The van der Waals surface area contributed by atoms with Gasteiger partial charge in [-0.05, 0) is 50.4 Å². The molecule has 4 rings (SSSR count). The minimum Gasteiger partial charge on any atom is -0.347 e. The number of fused-ring (bicyclic) bond motifs is 1. The highest BCUT2D eigenvalue weighted by atomic mass is 16.2. The van der Waals surface area contributed by atoms with Crippen molar-refractivity contribution in [1.29, 1.82) is 0 Å². The van der Waals surface area contributed by atoms with E-state index in [1.165, 1.54) is 0 Å². The topological polar surface area (TPSA) is 91.2 Å². The summed E-state index contributed by atoms with van der Waals surface area (Å²) in [6, 6.07) is 2.23. The summed E-state index contributed by atoms with van der Waals surface area (Å²) in [4.78, 5) is 19.7. The molecule has 1 aliphatic rings. The van der Waals surface area contributed by atoms with Crippen LogP contribution in [0.4, 0.5) is 0 Å². The number of pyridine rings is 1. The van der Waals surface area contributed by atoms with Gasteiger partial charge in [-0.3, -0.25) is 9.89 Å². The van der Waals surface area contributed by atoms with E-state index in [4.69, 9.17) is 0 Å². The van der Waals surface area contributed by atoms with Gasteiger partial charge in [-0.25, -0.2) is 9.50 Å². The van der Waals surface area contributed by atoms with Crippen LogP contribution in [-0.2, 0) is 0 Å². The van der Waals surface area contributed by atoms with E-state index in [2.05, 4.69) is 51.3 Å². The van der Waals surface area contributed by atoms with Gasteiger partial charge >= 0.3 is 0 Å². The fraction of sp³-hybridized carbons (Fsp3) is 0.524. The number of hydrogen-bond acceptors (Lipinski definition) is 5. The van der Waals surface area contributed by atoms with Crippen molar-refractivity contribution in [2.24, 2.45) is 0 Å². The summed E-state index contributed by atoms with van der Waals surface area (Å²) in [5.41, 5.74) is 5.06. The van der Waals surface area contributed by atoms with Crippen LogP contribution in [0.3, 0.4) is 0 Å². The maximum absolute atomic E-state index is 13.1. The lowest BCUT2D eigenvalue weighted by Gasteiger charge is -2.32. The first kappa shape index (κ1) is 19.6. The highest BCUT2D eigenvalue weighted by Crippen LogP contribution is 2.31. The molecule has 0 aromatic carbocycles. The zero-order chi connectivity index (χ0) is 20.5.